The lowest BCUT2D eigenvalue weighted by Crippen LogP contribution is -2.41. The van der Waals surface area contributed by atoms with Crippen LogP contribution in [0.25, 0.3) is 0 Å². The molecule has 0 fully saturated rings. The van der Waals surface area contributed by atoms with Crippen LogP contribution in [-0.2, 0) is 21.2 Å². The van der Waals surface area contributed by atoms with Gasteiger partial charge in [0.1, 0.15) is 30.4 Å². The van der Waals surface area contributed by atoms with Crippen molar-refractivity contribution >= 4 is 21.6 Å². The SMILES string of the molecule is CCc1ccc(OCCNC(=O)CN(c2cc(OC)ccc2OC)S(C)(=O)=O)cc1. The van der Waals surface area contributed by atoms with Gasteiger partial charge in [-0.2, -0.15) is 0 Å². The molecule has 0 saturated carbocycles. The molecule has 164 valence electrons. The highest BCUT2D eigenvalue weighted by atomic mass is 32.2. The van der Waals surface area contributed by atoms with Crippen LogP contribution in [0.15, 0.2) is 42.5 Å². The Bertz CT molecular complexity index is 944. The van der Waals surface area contributed by atoms with Crippen LogP contribution in [0.5, 0.6) is 17.2 Å². The van der Waals surface area contributed by atoms with Crippen molar-refractivity contribution in [2.45, 2.75) is 13.3 Å². The van der Waals surface area contributed by atoms with Gasteiger partial charge in [0.2, 0.25) is 15.9 Å². The third-order valence-corrected chi connectivity index (χ3v) is 5.49. The standard InChI is InChI=1S/C21H28N2O6S/c1-5-16-6-8-17(9-7-16)29-13-12-22-21(24)15-23(30(4,25)26)19-14-18(27-2)10-11-20(19)28-3/h6-11,14H,5,12-13,15H2,1-4H3,(H,22,24). The van der Waals surface area contributed by atoms with Gasteiger partial charge in [0.25, 0.3) is 0 Å². The maximum Gasteiger partial charge on any atom is 0.240 e. The first-order valence-corrected chi connectivity index (χ1v) is 11.3. The van der Waals surface area contributed by atoms with Crippen LogP contribution in [0.2, 0.25) is 0 Å². The summed E-state index contributed by atoms with van der Waals surface area (Å²) in [6.45, 7) is 2.18. The number of aryl methyl sites for hydroxylation is 1. The van der Waals surface area contributed by atoms with Crippen LogP contribution in [0.1, 0.15) is 12.5 Å². The Morgan fingerprint density at radius 3 is 2.27 bits per heavy atom. The molecule has 2 rings (SSSR count). The largest absolute Gasteiger partial charge is 0.497 e. The molecule has 2 aromatic carbocycles. The zero-order valence-corrected chi connectivity index (χ0v) is 18.5. The Morgan fingerprint density at radius 1 is 1.03 bits per heavy atom. The van der Waals surface area contributed by atoms with E-state index in [0.29, 0.717) is 17.2 Å². The summed E-state index contributed by atoms with van der Waals surface area (Å²) in [6, 6.07) is 12.5. The van der Waals surface area contributed by atoms with Gasteiger partial charge in [-0.15, -0.1) is 0 Å². The monoisotopic (exact) mass is 436 g/mol. The van der Waals surface area contributed by atoms with E-state index in [-0.39, 0.29) is 18.8 Å². The fraction of sp³-hybridized carbons (Fsp3) is 0.381. The quantitative estimate of drug-likeness (QED) is 0.543. The second-order valence-electron chi connectivity index (χ2n) is 6.50. The smallest absolute Gasteiger partial charge is 0.240 e. The van der Waals surface area contributed by atoms with Crippen molar-refractivity contribution in [1.82, 2.24) is 5.32 Å². The maximum atomic E-state index is 12.4. The summed E-state index contributed by atoms with van der Waals surface area (Å²) in [5.74, 6) is 1.01. The van der Waals surface area contributed by atoms with Crippen molar-refractivity contribution in [3.63, 3.8) is 0 Å². The molecule has 1 N–H and O–H groups in total. The average Bonchev–Trinajstić information content (AvgIpc) is 2.74. The topological polar surface area (TPSA) is 94.2 Å². The fourth-order valence-electron chi connectivity index (χ4n) is 2.74. The highest BCUT2D eigenvalue weighted by Gasteiger charge is 2.24. The second-order valence-corrected chi connectivity index (χ2v) is 8.41. The number of methoxy groups -OCH3 is 2. The summed E-state index contributed by atoms with van der Waals surface area (Å²) < 4.78 is 41.6. The lowest BCUT2D eigenvalue weighted by molar-refractivity contribution is -0.119. The molecule has 0 radical (unpaired) electrons. The predicted octanol–water partition coefficient (Wildman–Crippen LogP) is 2.23. The zero-order valence-electron chi connectivity index (χ0n) is 17.7. The van der Waals surface area contributed by atoms with E-state index in [9.17, 15) is 13.2 Å². The Balaban J connectivity index is 1.99. The number of ether oxygens (including phenoxy) is 3. The van der Waals surface area contributed by atoms with E-state index in [1.165, 1.54) is 25.8 Å². The number of benzene rings is 2. The molecular formula is C21H28N2O6S. The molecule has 1 amide bonds. The normalized spacial score (nSPS) is 10.9. The van der Waals surface area contributed by atoms with E-state index in [1.54, 1.807) is 12.1 Å². The number of anilines is 1. The molecule has 0 aliphatic rings. The Morgan fingerprint density at radius 2 is 1.70 bits per heavy atom. The van der Waals surface area contributed by atoms with Crippen molar-refractivity contribution in [1.29, 1.82) is 0 Å². The number of hydrogen-bond donors (Lipinski definition) is 1. The molecule has 0 spiro atoms. The number of carbonyl (C=O) groups is 1. The summed E-state index contributed by atoms with van der Waals surface area (Å²) in [5, 5.41) is 2.67. The lowest BCUT2D eigenvalue weighted by atomic mass is 10.2. The molecule has 0 unspecified atom stereocenters. The second kappa shape index (κ2) is 10.7. The van der Waals surface area contributed by atoms with Crippen molar-refractivity contribution < 1.29 is 27.4 Å². The van der Waals surface area contributed by atoms with Gasteiger partial charge in [-0.05, 0) is 36.2 Å². The summed E-state index contributed by atoms with van der Waals surface area (Å²) in [7, 11) is -0.847. The summed E-state index contributed by atoms with van der Waals surface area (Å²) >= 11 is 0. The van der Waals surface area contributed by atoms with Gasteiger partial charge >= 0.3 is 0 Å². The van der Waals surface area contributed by atoms with Gasteiger partial charge in [0.05, 0.1) is 32.7 Å². The summed E-state index contributed by atoms with van der Waals surface area (Å²) in [6.07, 6.45) is 1.98. The van der Waals surface area contributed by atoms with Gasteiger partial charge in [-0.3, -0.25) is 9.10 Å². The van der Waals surface area contributed by atoms with Gasteiger partial charge in [-0.1, -0.05) is 19.1 Å². The van der Waals surface area contributed by atoms with Gasteiger partial charge in [0, 0.05) is 6.07 Å². The fourth-order valence-corrected chi connectivity index (χ4v) is 3.59. The highest BCUT2D eigenvalue weighted by molar-refractivity contribution is 7.92. The first-order valence-electron chi connectivity index (χ1n) is 9.46. The molecule has 0 saturated heterocycles. The zero-order chi connectivity index (χ0) is 22.1. The Hall–Kier alpha value is -2.94. The molecule has 0 aliphatic carbocycles. The van der Waals surface area contributed by atoms with Crippen LogP contribution >= 0.6 is 0 Å². The van der Waals surface area contributed by atoms with Crippen LogP contribution in [0, 0.1) is 0 Å². The lowest BCUT2D eigenvalue weighted by Gasteiger charge is -2.24. The number of carbonyl (C=O) groups excluding carboxylic acids is 1. The third kappa shape index (κ3) is 6.55. The van der Waals surface area contributed by atoms with Crippen molar-refractivity contribution in [3.8, 4) is 17.2 Å². The number of sulfonamides is 1. The minimum Gasteiger partial charge on any atom is -0.497 e. The van der Waals surface area contributed by atoms with Gasteiger partial charge in [-0.25, -0.2) is 8.42 Å². The molecule has 0 heterocycles. The van der Waals surface area contributed by atoms with E-state index in [4.69, 9.17) is 14.2 Å². The predicted molar refractivity (Wildman–Crippen MR) is 116 cm³/mol. The molecule has 0 atom stereocenters. The molecule has 9 heteroatoms. The molecule has 0 aromatic heterocycles. The Kier molecular flexibility index (Phi) is 8.35. The highest BCUT2D eigenvalue weighted by Crippen LogP contribution is 2.33. The van der Waals surface area contributed by atoms with E-state index < -0.39 is 22.5 Å². The first-order chi connectivity index (χ1) is 14.3. The molecule has 0 bridgehead atoms. The number of rotatable bonds is 11. The van der Waals surface area contributed by atoms with Crippen LogP contribution < -0.4 is 23.8 Å². The van der Waals surface area contributed by atoms with Crippen molar-refractivity contribution in [2.24, 2.45) is 0 Å². The molecule has 0 aliphatic heterocycles. The minimum atomic E-state index is -3.75. The first kappa shape index (κ1) is 23.3. The van der Waals surface area contributed by atoms with Crippen molar-refractivity contribution in [3.05, 3.63) is 48.0 Å². The van der Waals surface area contributed by atoms with Gasteiger partial charge < -0.3 is 19.5 Å². The van der Waals surface area contributed by atoms with Crippen LogP contribution in [0.4, 0.5) is 5.69 Å². The van der Waals surface area contributed by atoms with E-state index in [2.05, 4.69) is 12.2 Å². The summed E-state index contributed by atoms with van der Waals surface area (Å²) in [5.41, 5.74) is 1.44. The summed E-state index contributed by atoms with van der Waals surface area (Å²) in [4.78, 5) is 12.4. The van der Waals surface area contributed by atoms with E-state index in [1.807, 2.05) is 24.3 Å². The van der Waals surface area contributed by atoms with E-state index in [0.717, 1.165) is 17.0 Å². The van der Waals surface area contributed by atoms with Gasteiger partial charge in [0.15, 0.2) is 0 Å². The minimum absolute atomic E-state index is 0.224. The maximum absolute atomic E-state index is 12.4. The molecular weight excluding hydrogens is 408 g/mol. The van der Waals surface area contributed by atoms with Crippen LogP contribution in [0.3, 0.4) is 0 Å². The van der Waals surface area contributed by atoms with Crippen LogP contribution in [-0.4, -0.2) is 54.5 Å². The van der Waals surface area contributed by atoms with E-state index >= 15 is 0 Å². The number of amides is 1. The molecule has 8 nitrogen and oxygen atoms in total. The number of nitrogens with zero attached hydrogens (tertiary/aromatic N) is 1. The third-order valence-electron chi connectivity index (χ3n) is 4.37. The number of nitrogens with one attached hydrogen (secondary N) is 1. The molecule has 30 heavy (non-hydrogen) atoms. The molecule has 2 aromatic rings. The Labute approximate surface area is 177 Å². The average molecular weight is 437 g/mol. The number of hydrogen-bond acceptors (Lipinski definition) is 6. The van der Waals surface area contributed by atoms with Crippen molar-refractivity contribution in [2.75, 3.05) is 44.5 Å².